The topological polar surface area (TPSA) is 0 Å². The van der Waals surface area contributed by atoms with Crippen molar-refractivity contribution in [2.24, 2.45) is 29.6 Å². The van der Waals surface area contributed by atoms with Crippen LogP contribution in [0.5, 0.6) is 0 Å². The van der Waals surface area contributed by atoms with E-state index in [4.69, 9.17) is 0 Å². The Morgan fingerprint density at radius 1 is 0.536 bits per heavy atom. The van der Waals surface area contributed by atoms with Gasteiger partial charge in [-0.2, -0.15) is 0 Å². The molecule has 0 N–H and O–H groups in total. The van der Waals surface area contributed by atoms with Gasteiger partial charge in [-0.15, -0.1) is 0 Å². The molecule has 0 heterocycles. The van der Waals surface area contributed by atoms with Gasteiger partial charge in [0.1, 0.15) is 0 Å². The quantitative estimate of drug-likeness (QED) is 0.438. The van der Waals surface area contributed by atoms with Crippen molar-refractivity contribution in [3.8, 4) is 0 Å². The molecule has 0 bridgehead atoms. The fourth-order valence-corrected chi connectivity index (χ4v) is 6.83. The first kappa shape index (κ1) is 24.3. The third kappa shape index (κ3) is 8.79. The van der Waals surface area contributed by atoms with E-state index in [1.807, 2.05) is 0 Å². The van der Waals surface area contributed by atoms with E-state index >= 15 is 0 Å². The highest BCUT2D eigenvalue weighted by Gasteiger charge is 2.33. The van der Waals surface area contributed by atoms with Gasteiger partial charge in [0, 0.05) is 0 Å². The summed E-state index contributed by atoms with van der Waals surface area (Å²) in [6.07, 6.45) is 30.1. The van der Waals surface area contributed by atoms with Crippen molar-refractivity contribution < 1.29 is 0 Å². The molecule has 0 saturated heterocycles. The van der Waals surface area contributed by atoms with Gasteiger partial charge in [0.25, 0.3) is 0 Å². The molecule has 2 saturated carbocycles. The first-order valence-electron chi connectivity index (χ1n) is 13.8. The van der Waals surface area contributed by atoms with Gasteiger partial charge in [-0.05, 0) is 42.4 Å². The summed E-state index contributed by atoms with van der Waals surface area (Å²) in [4.78, 5) is 0. The molecule has 2 fully saturated rings. The minimum absolute atomic E-state index is 1.04. The molecule has 0 nitrogen and oxygen atoms in total. The van der Waals surface area contributed by atoms with Gasteiger partial charge in [0.05, 0.1) is 0 Å². The Kier molecular flexibility index (Phi) is 12.9. The van der Waals surface area contributed by atoms with E-state index in [0.717, 1.165) is 29.6 Å². The van der Waals surface area contributed by atoms with E-state index < -0.39 is 0 Å². The molecule has 0 aliphatic heterocycles. The fourth-order valence-electron chi connectivity index (χ4n) is 6.83. The van der Waals surface area contributed by atoms with E-state index in [-0.39, 0.29) is 0 Å². The predicted octanol–water partition coefficient (Wildman–Crippen LogP) is 9.96. The maximum atomic E-state index is 2.49. The van der Waals surface area contributed by atoms with Gasteiger partial charge < -0.3 is 0 Å². The molecule has 0 aromatic rings. The van der Waals surface area contributed by atoms with Crippen molar-refractivity contribution in [2.75, 3.05) is 0 Å². The van der Waals surface area contributed by atoms with E-state index in [1.165, 1.54) is 103 Å². The fraction of sp³-hybridized carbons (Fsp3) is 1.00. The Labute approximate surface area is 179 Å². The summed E-state index contributed by atoms with van der Waals surface area (Å²) in [7, 11) is 0. The number of hydrogen-bond donors (Lipinski definition) is 0. The Morgan fingerprint density at radius 3 is 1.79 bits per heavy atom. The van der Waals surface area contributed by atoms with E-state index in [1.54, 1.807) is 25.7 Å². The van der Waals surface area contributed by atoms with Gasteiger partial charge in [-0.1, -0.05) is 136 Å². The summed E-state index contributed by atoms with van der Waals surface area (Å²) >= 11 is 0. The molecule has 0 amide bonds. The second-order valence-corrected chi connectivity index (χ2v) is 10.7. The molecule has 2 aliphatic carbocycles. The average Bonchev–Trinajstić information content (AvgIpc) is 2.73. The van der Waals surface area contributed by atoms with E-state index in [2.05, 4.69) is 20.8 Å². The summed E-state index contributed by atoms with van der Waals surface area (Å²) in [6, 6.07) is 0. The van der Waals surface area contributed by atoms with Gasteiger partial charge in [0.2, 0.25) is 0 Å². The Morgan fingerprint density at radius 2 is 1.14 bits per heavy atom. The molecule has 28 heavy (non-hydrogen) atoms. The van der Waals surface area contributed by atoms with Crippen LogP contribution in [0, 0.1) is 29.6 Å². The Bertz CT molecular complexity index is 359. The third-order valence-corrected chi connectivity index (χ3v) is 8.68. The molecular formula is C28H54. The Balaban J connectivity index is 1.94. The summed E-state index contributed by atoms with van der Waals surface area (Å²) in [5.41, 5.74) is 0. The SMILES string of the molecule is CCCC1CCCCCCCCCCC(C2CCC(CC)CC2CC)CCC1. The first-order valence-corrected chi connectivity index (χ1v) is 13.8. The lowest BCUT2D eigenvalue weighted by Crippen LogP contribution is -2.30. The first-order chi connectivity index (χ1) is 13.8. The molecule has 0 aromatic heterocycles. The largest absolute Gasteiger partial charge is 0.0654 e. The Hall–Kier alpha value is 0. The highest BCUT2D eigenvalue weighted by Crippen LogP contribution is 2.44. The second kappa shape index (κ2) is 14.9. The van der Waals surface area contributed by atoms with Crippen LogP contribution >= 0.6 is 0 Å². The van der Waals surface area contributed by atoms with Crippen LogP contribution in [0.4, 0.5) is 0 Å². The summed E-state index contributed by atoms with van der Waals surface area (Å²) in [6.45, 7) is 7.31. The van der Waals surface area contributed by atoms with Gasteiger partial charge in [-0.25, -0.2) is 0 Å². The van der Waals surface area contributed by atoms with Crippen LogP contribution < -0.4 is 0 Å². The van der Waals surface area contributed by atoms with Crippen LogP contribution in [0.3, 0.4) is 0 Å². The van der Waals surface area contributed by atoms with Gasteiger partial charge in [-0.3, -0.25) is 0 Å². The second-order valence-electron chi connectivity index (χ2n) is 10.7. The van der Waals surface area contributed by atoms with Crippen LogP contribution in [0.25, 0.3) is 0 Å². The lowest BCUT2D eigenvalue weighted by molar-refractivity contribution is 0.102. The molecule has 0 radical (unpaired) electrons. The van der Waals surface area contributed by atoms with Crippen LogP contribution in [-0.4, -0.2) is 0 Å². The predicted molar refractivity (Wildman–Crippen MR) is 127 cm³/mol. The van der Waals surface area contributed by atoms with Crippen LogP contribution in [0.15, 0.2) is 0 Å². The van der Waals surface area contributed by atoms with E-state index in [0.29, 0.717) is 0 Å². The van der Waals surface area contributed by atoms with Crippen molar-refractivity contribution in [3.63, 3.8) is 0 Å². The normalized spacial score (nSPS) is 35.0. The molecule has 2 aliphatic rings. The van der Waals surface area contributed by atoms with Crippen molar-refractivity contribution in [3.05, 3.63) is 0 Å². The van der Waals surface area contributed by atoms with E-state index in [9.17, 15) is 0 Å². The van der Waals surface area contributed by atoms with Crippen molar-refractivity contribution in [1.29, 1.82) is 0 Å². The smallest absolute Gasteiger partial charge is 0.0357 e. The van der Waals surface area contributed by atoms with Gasteiger partial charge in [0.15, 0.2) is 0 Å². The standard InChI is InChI=1S/C28H54/c1-4-16-25-17-13-11-9-7-8-10-12-14-19-27(20-15-18-25)28-22-21-24(5-2)23-26(28)6-3/h24-28H,4-23H2,1-3H3. The van der Waals surface area contributed by atoms with Crippen molar-refractivity contribution in [2.45, 2.75) is 149 Å². The van der Waals surface area contributed by atoms with Crippen LogP contribution in [0.2, 0.25) is 0 Å². The molecule has 166 valence electrons. The highest BCUT2D eigenvalue weighted by molar-refractivity contribution is 4.84. The lowest BCUT2D eigenvalue weighted by Gasteiger charge is -2.40. The summed E-state index contributed by atoms with van der Waals surface area (Å²) < 4.78 is 0. The highest BCUT2D eigenvalue weighted by atomic mass is 14.4. The number of rotatable bonds is 5. The third-order valence-electron chi connectivity index (χ3n) is 8.68. The zero-order chi connectivity index (χ0) is 20.0. The monoisotopic (exact) mass is 390 g/mol. The van der Waals surface area contributed by atoms with Gasteiger partial charge >= 0.3 is 0 Å². The molecule has 5 atom stereocenters. The molecular weight excluding hydrogens is 336 g/mol. The minimum atomic E-state index is 1.04. The molecule has 2 rings (SSSR count). The van der Waals surface area contributed by atoms with Crippen LogP contribution in [-0.2, 0) is 0 Å². The molecule has 0 aromatic carbocycles. The molecule has 0 heteroatoms. The number of hydrogen-bond acceptors (Lipinski definition) is 0. The minimum Gasteiger partial charge on any atom is -0.0654 e. The van der Waals surface area contributed by atoms with Crippen LogP contribution in [0.1, 0.15) is 149 Å². The summed E-state index contributed by atoms with van der Waals surface area (Å²) in [5.74, 6) is 5.23. The van der Waals surface area contributed by atoms with Crippen molar-refractivity contribution >= 4 is 0 Å². The average molecular weight is 391 g/mol. The molecule has 5 unspecified atom stereocenters. The molecule has 0 spiro atoms. The lowest BCUT2D eigenvalue weighted by atomic mass is 9.65. The maximum Gasteiger partial charge on any atom is -0.0357 e. The van der Waals surface area contributed by atoms with Crippen molar-refractivity contribution in [1.82, 2.24) is 0 Å². The maximum absolute atomic E-state index is 2.49. The summed E-state index contributed by atoms with van der Waals surface area (Å²) in [5, 5.41) is 0. The zero-order valence-electron chi connectivity index (χ0n) is 20.0. The zero-order valence-corrected chi connectivity index (χ0v) is 20.0.